The number of hydrogen-bond donors (Lipinski definition) is 0. The van der Waals surface area contributed by atoms with E-state index in [0.717, 1.165) is 57.8 Å². The van der Waals surface area contributed by atoms with Gasteiger partial charge in [0.05, 0.1) is 0 Å². The molecule has 6 aromatic carbocycles. The molecule has 3 nitrogen and oxygen atoms in total. The van der Waals surface area contributed by atoms with E-state index >= 15 is 0 Å². The minimum atomic E-state index is -2.75. The molecule has 0 aliphatic rings. The summed E-state index contributed by atoms with van der Waals surface area (Å²) in [5.74, 6) is -0.431. The van der Waals surface area contributed by atoms with Crippen molar-refractivity contribution in [3.8, 4) is 0 Å². The maximum atomic E-state index is 10.1. The van der Waals surface area contributed by atoms with Crippen molar-refractivity contribution < 1.29 is 13.6 Å². The Morgan fingerprint density at radius 1 is 0.159 bits per heavy atom. The lowest BCUT2D eigenvalue weighted by molar-refractivity contribution is -0.0642. The molecule has 4 heteroatoms. The second kappa shape index (κ2) is 56.7. The van der Waals surface area contributed by atoms with Crippen LogP contribution in [0.5, 0.6) is 0 Å². The predicted molar refractivity (Wildman–Crippen MR) is 648 cm³/mol. The zero-order chi connectivity index (χ0) is 109. The van der Waals surface area contributed by atoms with Crippen LogP contribution in [0.25, 0.3) is 0 Å². The van der Waals surface area contributed by atoms with E-state index in [-0.39, 0.29) is 82.7 Å². The van der Waals surface area contributed by atoms with Crippen LogP contribution >= 0.6 is 8.60 Å². The molecule has 824 valence electrons. The largest absolute Gasteiger partial charge is 0.336 e. The molecule has 0 aliphatic heterocycles. The van der Waals surface area contributed by atoms with Crippen molar-refractivity contribution in [2.75, 3.05) is 0 Å². The summed E-state index contributed by atoms with van der Waals surface area (Å²) in [5, 5.41) is 0. The van der Waals surface area contributed by atoms with E-state index < -0.39 is 25.4 Å². The third-order valence-electron chi connectivity index (χ3n) is 33.3. The molecule has 0 saturated heterocycles. The molecule has 0 spiro atoms. The summed E-state index contributed by atoms with van der Waals surface area (Å²) < 4.78 is 30.4. The first-order chi connectivity index (χ1) is 67.2. The Kier molecular flexibility index (Phi) is 50.5. The van der Waals surface area contributed by atoms with Gasteiger partial charge in [-0.1, -0.05) is 670 Å². The first-order valence-electron chi connectivity index (χ1n) is 61.0. The fourth-order valence-electron chi connectivity index (χ4n) is 23.3. The molecule has 6 aromatic rings. The average molecular weight is 2010 g/mol. The lowest BCUT2D eigenvalue weighted by Gasteiger charge is -2.52. The van der Waals surface area contributed by atoms with Crippen LogP contribution in [0.3, 0.4) is 0 Å². The van der Waals surface area contributed by atoms with E-state index in [0.29, 0.717) is 0 Å². The second-order valence-electron chi connectivity index (χ2n) is 59.1. The molecule has 0 fully saturated rings. The van der Waals surface area contributed by atoms with Gasteiger partial charge >= 0.3 is 8.60 Å². The maximum absolute atomic E-state index is 10.1. The Morgan fingerprint density at radius 3 is 0.386 bits per heavy atom. The Bertz CT molecular complexity index is 4010. The van der Waals surface area contributed by atoms with Crippen molar-refractivity contribution in [1.29, 1.82) is 0 Å². The summed E-state index contributed by atoms with van der Waals surface area (Å²) in [6, 6.07) is 46.9. The van der Waals surface area contributed by atoms with Crippen LogP contribution < -0.4 is 0 Å². The van der Waals surface area contributed by atoms with Gasteiger partial charge in [-0.15, -0.1) is 0 Å². The topological polar surface area (TPSA) is 27.7 Å². The third-order valence-corrected chi connectivity index (χ3v) is 34.6. The zero-order valence-electron chi connectivity index (χ0n) is 104. The Morgan fingerprint density at radius 2 is 0.276 bits per heavy atom. The monoisotopic (exact) mass is 2010 g/mol. The van der Waals surface area contributed by atoms with E-state index in [4.69, 9.17) is 0 Å². The van der Waals surface area contributed by atoms with Gasteiger partial charge in [-0.2, -0.15) is 0 Å². The van der Waals surface area contributed by atoms with Gasteiger partial charge in [0, 0.05) is 0 Å². The highest BCUT2D eigenvalue weighted by Crippen LogP contribution is 2.68. The lowest BCUT2D eigenvalue weighted by Crippen LogP contribution is -2.47. The van der Waals surface area contributed by atoms with Crippen LogP contribution in [0, 0.1) is 17.8 Å². The Hall–Kier alpha value is -4.37. The minimum absolute atomic E-state index is 0.144. The van der Waals surface area contributed by atoms with Crippen molar-refractivity contribution >= 4 is 8.60 Å². The van der Waals surface area contributed by atoms with Crippen molar-refractivity contribution in [3.63, 3.8) is 0 Å². The fraction of sp³-hybridized carbons (Fsp3) is 0.745. The summed E-state index contributed by atoms with van der Waals surface area (Å²) in [5.41, 5.74) is 16.2. The van der Waals surface area contributed by atoms with E-state index in [9.17, 15) is 13.6 Å². The smallest absolute Gasteiger partial charge is 0.295 e. The highest BCUT2D eigenvalue weighted by molar-refractivity contribution is 7.41. The molecular formula is C141H237O3P. The maximum Gasteiger partial charge on any atom is 0.336 e. The molecule has 6 rings (SSSR count). The van der Waals surface area contributed by atoms with Crippen LogP contribution in [-0.4, -0.2) is 0 Å². The molecule has 0 radical (unpaired) electrons. The standard InChI is InChI=1S/C141H237O3P/c1-43-46-49-52-55-58-61-64-67-70-73-76-79-82-85-106(4)139(115-94-88-109(127(7,8)9)100-121(115)133(25,26)27,116-95-89-110(128(10,11)12)101-122(116)134(28,29)30)142-145(143-140(117-96-90-111(129(13,14)15)102-123(117)135(31,32)33,118-97-91-112(130(16,17)18)103-124(118)136(34,35)36)107(5)86-83-80-77-74-71-68-65-62-59-56-53-50-47-44-2)144-141(119-98-92-113(131(19,20)21)104-125(119)137(37,38)39,120-99-93-114(132(22,23)24)105-126(120)138(40,41)42)108(6)87-84-81-78-75-72-69-66-63-60-57-54-51-48-45-3/h88-108H,43-87H2,1-42H3. The lowest BCUT2D eigenvalue weighted by atomic mass is 9.65. The molecule has 0 bridgehead atoms. The van der Waals surface area contributed by atoms with Crippen molar-refractivity contribution in [3.05, 3.63) is 209 Å². The van der Waals surface area contributed by atoms with Gasteiger partial charge in [0.15, 0.2) is 0 Å². The molecule has 0 heterocycles. The molecule has 3 unspecified atom stereocenters. The number of benzene rings is 6. The Balaban J connectivity index is 2.06. The summed E-state index contributed by atoms with van der Waals surface area (Å²) >= 11 is 0. The molecule has 0 aromatic heterocycles. The molecule has 0 N–H and O–H groups in total. The SMILES string of the molecule is CCCCCCCCCCCCCCCCC(C)C(OP(OC(c1ccc(C(C)(C)C)cc1C(C)(C)C)(c1ccc(C(C)(C)C)cc1C(C)(C)C)C(C)CCCCCCCCCCCCCCCC)OC(c1ccc(C(C)(C)C)cc1C(C)(C)C)(c1ccc(C(C)(C)C)cc1C(C)(C)C)C(C)CCCCCCCCCCCCCCCC)(c1ccc(C(C)(C)C)cc1C(C)(C)C)c1ccc(C(C)(C)C)cc1C(C)(C)C. The molecular weight excluding hydrogens is 1770 g/mol. The van der Waals surface area contributed by atoms with E-state index in [2.05, 4.69) is 400 Å². The van der Waals surface area contributed by atoms with Crippen LogP contribution in [0.1, 0.15) is 680 Å². The second-order valence-corrected chi connectivity index (χ2v) is 60.1. The van der Waals surface area contributed by atoms with E-state index in [1.54, 1.807) is 0 Å². The fourth-order valence-corrected chi connectivity index (χ4v) is 25.2. The third kappa shape index (κ3) is 38.3. The zero-order valence-corrected chi connectivity index (χ0v) is 105. The highest BCUT2D eigenvalue weighted by atomic mass is 31.2. The van der Waals surface area contributed by atoms with Gasteiger partial charge in [0.2, 0.25) is 0 Å². The van der Waals surface area contributed by atoms with Crippen LogP contribution in [-0.2, 0) is 95.4 Å². The highest BCUT2D eigenvalue weighted by Gasteiger charge is 2.58. The van der Waals surface area contributed by atoms with Gasteiger partial charge in [-0.3, -0.25) is 13.6 Å². The van der Waals surface area contributed by atoms with Gasteiger partial charge in [0.1, 0.15) is 16.8 Å². The summed E-state index contributed by atoms with van der Waals surface area (Å²) in [7, 11) is -2.75. The number of rotatable bonds is 60. The molecule has 0 saturated carbocycles. The summed E-state index contributed by atoms with van der Waals surface area (Å²) in [4.78, 5) is 0. The first-order valence-corrected chi connectivity index (χ1v) is 62.1. The predicted octanol–water partition coefficient (Wildman–Crippen LogP) is 46.2. The quantitative estimate of drug-likeness (QED) is 0.0281. The van der Waals surface area contributed by atoms with E-state index in [1.807, 2.05) is 0 Å². The first kappa shape index (κ1) is 129. The summed E-state index contributed by atoms with van der Waals surface area (Å²) in [6.07, 6.45) is 57.7. The molecule has 145 heavy (non-hydrogen) atoms. The van der Waals surface area contributed by atoms with Crippen LogP contribution in [0.2, 0.25) is 0 Å². The number of unbranched alkanes of at least 4 members (excludes halogenated alkanes) is 39. The number of hydrogen-bond acceptors (Lipinski definition) is 3. The average Bonchev–Trinajstić information content (AvgIpc) is 0.706. The Labute approximate surface area is 904 Å². The van der Waals surface area contributed by atoms with Crippen molar-refractivity contribution in [2.45, 2.75) is 662 Å². The minimum Gasteiger partial charge on any atom is -0.295 e. The molecule has 3 atom stereocenters. The van der Waals surface area contributed by atoms with Crippen molar-refractivity contribution in [1.82, 2.24) is 0 Å². The van der Waals surface area contributed by atoms with Gasteiger partial charge < -0.3 is 0 Å². The van der Waals surface area contributed by atoms with Gasteiger partial charge in [-0.25, -0.2) is 0 Å². The van der Waals surface area contributed by atoms with Crippen molar-refractivity contribution in [2.24, 2.45) is 17.8 Å². The normalized spacial score (nSPS) is 14.5. The summed E-state index contributed by atoms with van der Waals surface area (Å²) in [6.45, 7) is 104. The van der Waals surface area contributed by atoms with E-state index in [1.165, 1.54) is 331 Å². The van der Waals surface area contributed by atoms with Crippen LogP contribution in [0.4, 0.5) is 0 Å². The van der Waals surface area contributed by atoms with Gasteiger partial charge in [-0.05, 0) is 202 Å². The molecule has 0 aliphatic carbocycles. The van der Waals surface area contributed by atoms with Crippen LogP contribution in [0.15, 0.2) is 109 Å². The van der Waals surface area contributed by atoms with Gasteiger partial charge in [0.25, 0.3) is 0 Å². The molecule has 0 amide bonds.